The molecular formula is C19H15FN2O. The average Bonchev–Trinajstić information content (AvgIpc) is 2.61. The average molecular weight is 306 g/mol. The van der Waals surface area contributed by atoms with E-state index in [1.165, 1.54) is 6.07 Å². The van der Waals surface area contributed by atoms with Crippen molar-refractivity contribution >= 4 is 11.8 Å². The molecule has 4 heteroatoms. The quantitative estimate of drug-likeness (QED) is 0.808. The van der Waals surface area contributed by atoms with Crippen molar-refractivity contribution in [1.29, 1.82) is 0 Å². The van der Waals surface area contributed by atoms with Gasteiger partial charge in [-0.05, 0) is 23.8 Å². The Kier molecular flexibility index (Phi) is 4.49. The zero-order valence-electron chi connectivity index (χ0n) is 12.5. The number of hydrogen-bond acceptors (Lipinski definition) is 3. The molecule has 0 atom stereocenters. The Morgan fingerprint density at radius 1 is 1.26 bits per heavy atom. The lowest BCUT2D eigenvalue weighted by molar-refractivity contribution is 0.288. The summed E-state index contributed by atoms with van der Waals surface area (Å²) >= 11 is 0. The van der Waals surface area contributed by atoms with E-state index in [9.17, 15) is 4.39 Å². The van der Waals surface area contributed by atoms with E-state index in [4.69, 9.17) is 11.2 Å². The van der Waals surface area contributed by atoms with Crippen molar-refractivity contribution < 1.29 is 9.13 Å². The maximum atomic E-state index is 13.9. The van der Waals surface area contributed by atoms with E-state index in [0.29, 0.717) is 23.6 Å². The van der Waals surface area contributed by atoms with Crippen molar-refractivity contribution in [2.24, 2.45) is 4.99 Å². The SMILES string of the molecule is C#Cc1ccc(COc2cccc(C3=CCN=CC3)n2)c(F)c1. The van der Waals surface area contributed by atoms with Crippen LogP contribution in [0.2, 0.25) is 0 Å². The molecule has 0 radical (unpaired) electrons. The van der Waals surface area contributed by atoms with Gasteiger partial charge in [0.25, 0.3) is 0 Å². The summed E-state index contributed by atoms with van der Waals surface area (Å²) in [6.45, 7) is 0.780. The lowest BCUT2D eigenvalue weighted by atomic mass is 10.1. The van der Waals surface area contributed by atoms with Gasteiger partial charge in [0.2, 0.25) is 5.88 Å². The summed E-state index contributed by atoms with van der Waals surface area (Å²) in [6.07, 6.45) is 9.94. The van der Waals surface area contributed by atoms with Gasteiger partial charge >= 0.3 is 0 Å². The van der Waals surface area contributed by atoms with Crippen LogP contribution < -0.4 is 4.74 Å². The maximum Gasteiger partial charge on any atom is 0.214 e. The van der Waals surface area contributed by atoms with Crippen molar-refractivity contribution in [2.45, 2.75) is 13.0 Å². The monoisotopic (exact) mass is 306 g/mol. The highest BCUT2D eigenvalue weighted by atomic mass is 19.1. The second-order valence-electron chi connectivity index (χ2n) is 5.08. The number of hydrogen-bond donors (Lipinski definition) is 0. The number of terminal acetylenes is 1. The molecule has 1 aliphatic heterocycles. The molecule has 0 saturated carbocycles. The van der Waals surface area contributed by atoms with Crippen molar-refractivity contribution in [3.05, 3.63) is 65.1 Å². The first-order chi connectivity index (χ1) is 11.3. The molecule has 0 spiro atoms. The second-order valence-corrected chi connectivity index (χ2v) is 5.08. The highest BCUT2D eigenvalue weighted by Crippen LogP contribution is 2.21. The number of benzene rings is 1. The zero-order chi connectivity index (χ0) is 16.1. The van der Waals surface area contributed by atoms with Gasteiger partial charge in [-0.1, -0.05) is 24.1 Å². The number of ether oxygens (including phenoxy) is 1. The number of nitrogens with zero attached hydrogens (tertiary/aromatic N) is 2. The molecule has 0 unspecified atom stereocenters. The predicted molar refractivity (Wildman–Crippen MR) is 88.9 cm³/mol. The lowest BCUT2D eigenvalue weighted by Gasteiger charge is -2.10. The van der Waals surface area contributed by atoms with Gasteiger partial charge < -0.3 is 4.74 Å². The summed E-state index contributed by atoms with van der Waals surface area (Å²) < 4.78 is 19.5. The fraction of sp³-hybridized carbons (Fsp3) is 0.158. The van der Waals surface area contributed by atoms with Crippen molar-refractivity contribution in [3.63, 3.8) is 0 Å². The minimum absolute atomic E-state index is 0.105. The fourth-order valence-electron chi connectivity index (χ4n) is 2.27. The Morgan fingerprint density at radius 2 is 2.17 bits per heavy atom. The summed E-state index contributed by atoms with van der Waals surface area (Å²) in [5.74, 6) is 2.49. The number of aromatic nitrogens is 1. The fourth-order valence-corrected chi connectivity index (χ4v) is 2.27. The van der Waals surface area contributed by atoms with Crippen molar-refractivity contribution in [2.75, 3.05) is 6.54 Å². The van der Waals surface area contributed by atoms with Crippen LogP contribution in [0.25, 0.3) is 5.57 Å². The van der Waals surface area contributed by atoms with Crippen molar-refractivity contribution in [1.82, 2.24) is 4.98 Å². The molecule has 3 rings (SSSR count). The first-order valence-corrected chi connectivity index (χ1v) is 7.29. The predicted octanol–water partition coefficient (Wildman–Crippen LogP) is 3.64. The third-order valence-corrected chi connectivity index (χ3v) is 3.53. The molecule has 0 fully saturated rings. The Labute approximate surface area is 134 Å². The van der Waals surface area contributed by atoms with Crippen LogP contribution in [-0.2, 0) is 6.61 Å². The third-order valence-electron chi connectivity index (χ3n) is 3.53. The Hall–Kier alpha value is -2.93. The normalized spacial score (nSPS) is 13.3. The van der Waals surface area contributed by atoms with Gasteiger partial charge in [0.1, 0.15) is 12.4 Å². The molecule has 2 aromatic rings. The van der Waals surface area contributed by atoms with Gasteiger partial charge in [-0.25, -0.2) is 9.37 Å². The van der Waals surface area contributed by atoms with Crippen LogP contribution in [0.15, 0.2) is 47.5 Å². The molecule has 1 aromatic carbocycles. The molecule has 2 heterocycles. The molecule has 0 N–H and O–H groups in total. The van der Waals surface area contributed by atoms with Crippen LogP contribution in [0.1, 0.15) is 23.2 Å². The summed E-state index contributed by atoms with van der Waals surface area (Å²) in [5.41, 5.74) is 2.93. The van der Waals surface area contributed by atoms with E-state index in [0.717, 1.165) is 17.7 Å². The van der Waals surface area contributed by atoms with Crippen LogP contribution in [0, 0.1) is 18.2 Å². The number of pyridine rings is 1. The summed E-state index contributed by atoms with van der Waals surface area (Å²) in [6, 6.07) is 10.2. The maximum absolute atomic E-state index is 13.9. The number of dihydropyridines is 1. The third kappa shape index (κ3) is 3.64. The molecule has 1 aromatic heterocycles. The molecule has 1 aliphatic rings. The highest BCUT2D eigenvalue weighted by Gasteiger charge is 2.08. The number of allylic oxidation sites excluding steroid dienone is 1. The summed E-state index contributed by atoms with van der Waals surface area (Å²) in [7, 11) is 0. The van der Waals surface area contributed by atoms with Gasteiger partial charge in [0, 0.05) is 29.8 Å². The number of halogens is 1. The van der Waals surface area contributed by atoms with Crippen LogP contribution >= 0.6 is 0 Å². The van der Waals surface area contributed by atoms with Gasteiger partial charge in [0.15, 0.2) is 0 Å². The van der Waals surface area contributed by atoms with Gasteiger partial charge in [-0.15, -0.1) is 6.42 Å². The van der Waals surface area contributed by atoms with Crippen LogP contribution in [0.3, 0.4) is 0 Å². The van der Waals surface area contributed by atoms with E-state index in [1.807, 2.05) is 24.4 Å². The standard InChI is InChI=1S/C19H15FN2O/c1-2-14-6-7-16(17(20)12-14)13-23-19-5-3-4-18(22-19)15-8-10-21-11-9-15/h1,3-8,11-12H,9-10,13H2. The van der Waals surface area contributed by atoms with Crippen LogP contribution in [-0.4, -0.2) is 17.7 Å². The van der Waals surface area contributed by atoms with Gasteiger partial charge in [0.05, 0.1) is 12.2 Å². The molecule has 114 valence electrons. The zero-order valence-corrected chi connectivity index (χ0v) is 12.5. The molecule has 0 amide bonds. The largest absolute Gasteiger partial charge is 0.473 e. The summed E-state index contributed by atoms with van der Waals surface area (Å²) in [5, 5.41) is 0. The van der Waals surface area contributed by atoms with E-state index in [1.54, 1.807) is 18.2 Å². The van der Waals surface area contributed by atoms with E-state index in [2.05, 4.69) is 15.9 Å². The highest BCUT2D eigenvalue weighted by molar-refractivity contribution is 5.80. The van der Waals surface area contributed by atoms with Crippen LogP contribution in [0.4, 0.5) is 4.39 Å². The molecule has 0 bridgehead atoms. The molecular weight excluding hydrogens is 291 g/mol. The molecule has 23 heavy (non-hydrogen) atoms. The van der Waals surface area contributed by atoms with Crippen molar-refractivity contribution in [3.8, 4) is 18.2 Å². The number of aliphatic imine (C=N–C) groups is 1. The minimum Gasteiger partial charge on any atom is -0.473 e. The Bertz CT molecular complexity index is 818. The second kappa shape index (κ2) is 6.89. The Balaban J connectivity index is 1.71. The van der Waals surface area contributed by atoms with E-state index >= 15 is 0 Å². The smallest absolute Gasteiger partial charge is 0.214 e. The Morgan fingerprint density at radius 3 is 2.91 bits per heavy atom. The summed E-state index contributed by atoms with van der Waals surface area (Å²) in [4.78, 5) is 8.63. The lowest BCUT2D eigenvalue weighted by Crippen LogP contribution is -2.02. The van der Waals surface area contributed by atoms with Crippen LogP contribution in [0.5, 0.6) is 5.88 Å². The molecule has 0 aliphatic carbocycles. The van der Waals surface area contributed by atoms with E-state index in [-0.39, 0.29) is 12.4 Å². The first kappa shape index (κ1) is 15.0. The molecule has 0 saturated heterocycles. The van der Waals surface area contributed by atoms with Gasteiger partial charge in [-0.3, -0.25) is 4.99 Å². The van der Waals surface area contributed by atoms with E-state index < -0.39 is 0 Å². The molecule has 3 nitrogen and oxygen atoms in total. The van der Waals surface area contributed by atoms with Gasteiger partial charge in [-0.2, -0.15) is 0 Å². The topological polar surface area (TPSA) is 34.5 Å². The number of rotatable bonds is 4. The first-order valence-electron chi connectivity index (χ1n) is 7.29. The minimum atomic E-state index is -0.372.